The Morgan fingerprint density at radius 2 is 1.84 bits per heavy atom. The summed E-state index contributed by atoms with van der Waals surface area (Å²) >= 11 is 13.9. The number of halogens is 3. The molecule has 0 bridgehead atoms. The van der Waals surface area contributed by atoms with Gasteiger partial charge in [0.1, 0.15) is 41.7 Å². The molecule has 4 aromatic rings. The topological polar surface area (TPSA) is 109 Å². The van der Waals surface area contributed by atoms with Crippen LogP contribution < -0.4 is 24.8 Å². The van der Waals surface area contributed by atoms with Crippen molar-refractivity contribution in [2.24, 2.45) is 0 Å². The Morgan fingerprint density at radius 3 is 2.64 bits per heavy atom. The fourth-order valence-electron chi connectivity index (χ4n) is 7.58. The third-order valence-corrected chi connectivity index (χ3v) is 11.5. The fourth-order valence-corrected chi connectivity index (χ4v) is 8.09. The number of nitrogens with one attached hydrogen (secondary N) is 2. The molecule has 12 heteroatoms. The van der Waals surface area contributed by atoms with Gasteiger partial charge >= 0.3 is 0 Å². The van der Waals surface area contributed by atoms with E-state index in [0.29, 0.717) is 71.8 Å². The van der Waals surface area contributed by atoms with Gasteiger partial charge < -0.3 is 29.7 Å². The van der Waals surface area contributed by atoms with E-state index in [4.69, 9.17) is 37.4 Å². The van der Waals surface area contributed by atoms with E-state index in [1.165, 1.54) is 11.8 Å². The molecule has 0 saturated carbocycles. The first-order valence-electron chi connectivity index (χ1n) is 19.1. The summed E-state index contributed by atoms with van der Waals surface area (Å²) in [5.41, 5.74) is 5.23. The highest BCUT2D eigenvalue weighted by atomic mass is 35.5. The van der Waals surface area contributed by atoms with Crippen molar-refractivity contribution in [3.8, 4) is 34.4 Å². The van der Waals surface area contributed by atoms with Crippen molar-refractivity contribution in [1.29, 1.82) is 5.26 Å². The maximum Gasteiger partial charge on any atom is 0.220 e. The van der Waals surface area contributed by atoms with Crippen molar-refractivity contribution in [3.05, 3.63) is 105 Å². The molecule has 2 fully saturated rings. The first-order chi connectivity index (χ1) is 26.7. The van der Waals surface area contributed by atoms with E-state index in [9.17, 15) is 14.4 Å². The normalized spacial score (nSPS) is 19.3. The number of likely N-dealkylation sites (tertiary alicyclic amines) is 1. The number of carbonyl (C=O) groups excluding carboxylic acids is 1. The van der Waals surface area contributed by atoms with E-state index in [2.05, 4.69) is 38.7 Å². The number of fused-ring (bicyclic) bond motifs is 1. The zero-order chi connectivity index (χ0) is 38.4. The lowest BCUT2D eigenvalue weighted by molar-refractivity contribution is -0.122. The molecule has 2 atom stereocenters. The summed E-state index contributed by atoms with van der Waals surface area (Å²) in [5, 5.41) is 16.8. The summed E-state index contributed by atoms with van der Waals surface area (Å²) in [6.45, 7) is 5.88. The number of rotatable bonds is 14. The molecule has 3 aromatic carbocycles. The van der Waals surface area contributed by atoms with Gasteiger partial charge in [-0.15, -0.1) is 0 Å². The Kier molecular flexibility index (Phi) is 12.4. The van der Waals surface area contributed by atoms with Crippen LogP contribution in [0, 0.1) is 11.3 Å². The summed E-state index contributed by atoms with van der Waals surface area (Å²) < 4.78 is 33.4. The van der Waals surface area contributed by atoms with Crippen molar-refractivity contribution in [3.63, 3.8) is 0 Å². The quantitative estimate of drug-likeness (QED) is 0.123. The Labute approximate surface area is 332 Å². The van der Waals surface area contributed by atoms with Crippen molar-refractivity contribution < 1.29 is 23.4 Å². The third kappa shape index (κ3) is 9.71. The number of nitriles is 1. The molecule has 3 heterocycles. The average Bonchev–Trinajstić information content (AvgIpc) is 3.60. The van der Waals surface area contributed by atoms with E-state index in [0.717, 1.165) is 73.1 Å². The van der Waals surface area contributed by atoms with Crippen LogP contribution in [0.4, 0.5) is 4.39 Å². The lowest BCUT2D eigenvalue weighted by Gasteiger charge is -2.34. The van der Waals surface area contributed by atoms with Gasteiger partial charge in [0, 0.05) is 80.3 Å². The lowest BCUT2D eigenvalue weighted by Crippen LogP contribution is -2.45. The predicted molar refractivity (Wildman–Crippen MR) is 211 cm³/mol. The van der Waals surface area contributed by atoms with Crippen LogP contribution in [0.3, 0.4) is 0 Å². The summed E-state index contributed by atoms with van der Waals surface area (Å²) in [6, 6.07) is 19.8. The molecular formula is C43H46Cl2FN5O4. The largest absolute Gasteiger partial charge is 0.492 e. The molecule has 55 heavy (non-hydrogen) atoms. The highest BCUT2D eigenvalue weighted by molar-refractivity contribution is 6.35. The smallest absolute Gasteiger partial charge is 0.220 e. The van der Waals surface area contributed by atoms with E-state index in [-0.39, 0.29) is 24.7 Å². The fraction of sp³-hybridized carbons (Fsp3) is 0.419. The van der Waals surface area contributed by atoms with Gasteiger partial charge in [0.2, 0.25) is 5.91 Å². The van der Waals surface area contributed by atoms with E-state index in [1.54, 1.807) is 19.2 Å². The maximum absolute atomic E-state index is 14.2. The molecule has 1 aliphatic carbocycles. The number of pyridine rings is 1. The van der Waals surface area contributed by atoms with Crippen LogP contribution >= 0.6 is 23.2 Å². The van der Waals surface area contributed by atoms with Crippen LogP contribution in [0.25, 0.3) is 11.1 Å². The molecule has 288 valence electrons. The second-order valence-corrected chi connectivity index (χ2v) is 15.7. The molecule has 9 nitrogen and oxygen atoms in total. The molecule has 0 radical (unpaired) electrons. The lowest BCUT2D eigenvalue weighted by atomic mass is 9.96. The molecule has 2 aliphatic heterocycles. The summed E-state index contributed by atoms with van der Waals surface area (Å²) in [5.74, 6) is 1.82. The number of amides is 1. The second kappa shape index (κ2) is 17.6. The number of hydrogen-bond acceptors (Lipinski definition) is 8. The standard InChI is InChI=1S/C43H46Cl2FN5O4/c1-43(46)13-16-51(17-14-43)15-4-18-53-38-8-3-7-35(42(38)45)32-5-2-6-34-33(32)10-11-37(34)55-40-21-39(54-27-29-19-28(22-47)23-48-24-29)30(20-36(40)44)25-49-31-9-12-41(52)50-26-31/h2-3,5-8,19-21,23-24,31,37,49H,4,9-18,25-27H2,1H3,(H,50,52)/t31-,37+/m1/s1. The van der Waals surface area contributed by atoms with Crippen LogP contribution in [-0.4, -0.2) is 60.3 Å². The summed E-state index contributed by atoms with van der Waals surface area (Å²) in [4.78, 5) is 18.2. The number of piperidine rings is 2. The molecule has 7 rings (SSSR count). The maximum atomic E-state index is 14.2. The van der Waals surface area contributed by atoms with Crippen LogP contribution in [0.5, 0.6) is 17.2 Å². The zero-order valence-corrected chi connectivity index (χ0v) is 32.5. The summed E-state index contributed by atoms with van der Waals surface area (Å²) in [6.07, 6.45) is 7.72. The minimum atomic E-state index is -1.05. The van der Waals surface area contributed by atoms with Crippen LogP contribution in [0.2, 0.25) is 10.0 Å². The van der Waals surface area contributed by atoms with Gasteiger partial charge in [0.05, 0.1) is 22.2 Å². The highest BCUT2D eigenvalue weighted by Gasteiger charge is 2.30. The summed E-state index contributed by atoms with van der Waals surface area (Å²) in [7, 11) is 0. The number of ether oxygens (including phenoxy) is 3. The minimum Gasteiger partial charge on any atom is -0.492 e. The van der Waals surface area contributed by atoms with Gasteiger partial charge in [-0.1, -0.05) is 53.5 Å². The molecule has 1 amide bonds. The predicted octanol–water partition coefficient (Wildman–Crippen LogP) is 8.53. The van der Waals surface area contributed by atoms with Crippen molar-refractivity contribution in [1.82, 2.24) is 20.5 Å². The molecule has 0 spiro atoms. The molecule has 2 saturated heterocycles. The van der Waals surface area contributed by atoms with Gasteiger partial charge in [-0.2, -0.15) is 5.26 Å². The first-order valence-corrected chi connectivity index (χ1v) is 19.8. The number of aromatic nitrogens is 1. The monoisotopic (exact) mass is 785 g/mol. The minimum absolute atomic E-state index is 0.0652. The molecule has 1 aromatic heterocycles. The van der Waals surface area contributed by atoms with E-state index >= 15 is 0 Å². The van der Waals surface area contributed by atoms with Gasteiger partial charge in [0.25, 0.3) is 0 Å². The van der Waals surface area contributed by atoms with Crippen molar-refractivity contribution >= 4 is 29.1 Å². The average molecular weight is 787 g/mol. The van der Waals surface area contributed by atoms with Crippen molar-refractivity contribution in [2.45, 2.75) is 82.8 Å². The Hall–Kier alpha value is -4.40. The Bertz CT molecular complexity index is 2040. The van der Waals surface area contributed by atoms with E-state index < -0.39 is 5.67 Å². The number of alkyl halides is 1. The van der Waals surface area contributed by atoms with Gasteiger partial charge in [-0.25, -0.2) is 4.39 Å². The Morgan fingerprint density at radius 1 is 1.02 bits per heavy atom. The number of benzene rings is 3. The van der Waals surface area contributed by atoms with Crippen molar-refractivity contribution in [2.75, 3.05) is 32.8 Å². The molecular weight excluding hydrogens is 740 g/mol. The van der Waals surface area contributed by atoms with Gasteiger partial charge in [-0.05, 0) is 80.3 Å². The number of nitrogens with zero attached hydrogens (tertiary/aromatic N) is 3. The second-order valence-electron chi connectivity index (χ2n) is 14.9. The highest BCUT2D eigenvalue weighted by Crippen LogP contribution is 2.45. The number of hydrogen-bond donors (Lipinski definition) is 2. The zero-order valence-electron chi connectivity index (χ0n) is 31.0. The third-order valence-electron chi connectivity index (χ3n) is 10.8. The van der Waals surface area contributed by atoms with Crippen LogP contribution in [0.1, 0.15) is 79.4 Å². The number of carbonyl (C=O) groups is 1. The SMILES string of the molecule is CC1(F)CCN(CCCOc2cccc(-c3cccc4c3CC[C@@H]4Oc3cc(OCc4cncc(C#N)c4)c(CN[C@@H]4CCC(=O)NC4)cc3Cl)c2Cl)CC1. The van der Waals surface area contributed by atoms with Crippen LogP contribution in [0.15, 0.2) is 67.0 Å². The molecule has 2 N–H and O–H groups in total. The van der Waals surface area contributed by atoms with Gasteiger partial charge in [0.15, 0.2) is 0 Å². The molecule has 3 aliphatic rings. The Balaban J connectivity index is 1.05. The van der Waals surface area contributed by atoms with Gasteiger partial charge in [-0.3, -0.25) is 9.78 Å². The van der Waals surface area contributed by atoms with E-state index in [1.807, 2.05) is 36.4 Å². The first kappa shape index (κ1) is 38.9. The molecule has 0 unspecified atom stereocenters. The van der Waals surface area contributed by atoms with Crippen LogP contribution in [-0.2, 0) is 24.4 Å².